The average Bonchev–Trinajstić information content (AvgIpc) is 2.59. The predicted octanol–water partition coefficient (Wildman–Crippen LogP) is 4.21. The number of ether oxygens (including phenoxy) is 1. The molecule has 24 heavy (non-hydrogen) atoms. The fourth-order valence-electron chi connectivity index (χ4n) is 3.04. The van der Waals surface area contributed by atoms with Crippen molar-refractivity contribution in [2.45, 2.75) is 25.9 Å². The number of anilines is 1. The minimum atomic E-state index is 0.0627. The lowest BCUT2D eigenvalue weighted by Crippen LogP contribution is -2.38. The first-order valence-electron chi connectivity index (χ1n) is 8.03. The highest BCUT2D eigenvalue weighted by Crippen LogP contribution is 2.34. The van der Waals surface area contributed by atoms with Crippen LogP contribution in [-0.2, 0) is 0 Å². The molecule has 0 spiro atoms. The second-order valence-corrected chi connectivity index (χ2v) is 6.53. The van der Waals surface area contributed by atoms with Gasteiger partial charge in [0.2, 0.25) is 0 Å². The van der Waals surface area contributed by atoms with Crippen molar-refractivity contribution in [1.29, 1.82) is 0 Å². The minimum Gasteiger partial charge on any atom is -0.505 e. The topological polar surface area (TPSA) is 49.8 Å². The average molecular weight is 346 g/mol. The Morgan fingerprint density at radius 2 is 1.88 bits per heavy atom. The van der Waals surface area contributed by atoms with Gasteiger partial charge in [0.05, 0.1) is 11.3 Å². The van der Waals surface area contributed by atoms with E-state index in [2.05, 4.69) is 4.90 Å². The summed E-state index contributed by atoms with van der Waals surface area (Å²) in [4.78, 5) is 13.2. The molecule has 3 rings (SSSR count). The van der Waals surface area contributed by atoms with Crippen molar-refractivity contribution in [2.24, 2.45) is 0 Å². The maximum atomic E-state index is 11.1. The number of aryl methyl sites for hydroxylation is 1. The highest BCUT2D eigenvalue weighted by Gasteiger charge is 2.23. The number of rotatable bonds is 4. The van der Waals surface area contributed by atoms with E-state index >= 15 is 0 Å². The summed E-state index contributed by atoms with van der Waals surface area (Å²) in [5, 5.41) is 11.0. The number of benzene rings is 2. The van der Waals surface area contributed by atoms with Crippen molar-refractivity contribution in [3.8, 4) is 11.5 Å². The summed E-state index contributed by atoms with van der Waals surface area (Å²) in [5.74, 6) is 0.882. The lowest BCUT2D eigenvalue weighted by molar-refractivity contribution is 0.112. The molecule has 1 heterocycles. The number of aromatic hydroxyl groups is 1. The van der Waals surface area contributed by atoms with Crippen LogP contribution in [0.2, 0.25) is 5.02 Å². The van der Waals surface area contributed by atoms with Crippen LogP contribution in [0.5, 0.6) is 11.5 Å². The maximum absolute atomic E-state index is 11.1. The van der Waals surface area contributed by atoms with Crippen LogP contribution in [0.25, 0.3) is 0 Å². The standard InChI is InChI=1S/C19H20ClNO3/c1-13-10-14(12-22)19(23)18(11-13)21-8-6-17(7-9-21)24-16-4-2-15(20)3-5-16/h2-5,10-12,17,23H,6-9H2,1H3. The van der Waals surface area contributed by atoms with Crippen molar-refractivity contribution in [3.63, 3.8) is 0 Å². The summed E-state index contributed by atoms with van der Waals surface area (Å²) in [7, 11) is 0. The molecule has 0 unspecified atom stereocenters. The van der Waals surface area contributed by atoms with Crippen LogP contribution in [0.4, 0.5) is 5.69 Å². The van der Waals surface area contributed by atoms with Gasteiger partial charge in [-0.25, -0.2) is 0 Å². The van der Waals surface area contributed by atoms with Crippen molar-refractivity contribution >= 4 is 23.6 Å². The quantitative estimate of drug-likeness (QED) is 0.843. The Morgan fingerprint density at radius 3 is 2.50 bits per heavy atom. The largest absolute Gasteiger partial charge is 0.505 e. The van der Waals surface area contributed by atoms with E-state index in [4.69, 9.17) is 16.3 Å². The van der Waals surface area contributed by atoms with E-state index in [-0.39, 0.29) is 11.9 Å². The van der Waals surface area contributed by atoms with Crippen LogP contribution in [0.1, 0.15) is 28.8 Å². The molecule has 1 saturated heterocycles. The van der Waals surface area contributed by atoms with Gasteiger partial charge in [-0.1, -0.05) is 11.6 Å². The highest BCUT2D eigenvalue weighted by molar-refractivity contribution is 6.30. The normalized spacial score (nSPS) is 15.3. The molecule has 0 bridgehead atoms. The molecule has 0 radical (unpaired) electrons. The van der Waals surface area contributed by atoms with Gasteiger partial charge in [-0.2, -0.15) is 0 Å². The van der Waals surface area contributed by atoms with Gasteiger partial charge in [0.1, 0.15) is 17.6 Å². The highest BCUT2D eigenvalue weighted by atomic mass is 35.5. The molecular weight excluding hydrogens is 326 g/mol. The van der Waals surface area contributed by atoms with E-state index in [1.165, 1.54) is 0 Å². The number of carbonyl (C=O) groups excluding carboxylic acids is 1. The Morgan fingerprint density at radius 1 is 1.21 bits per heavy atom. The van der Waals surface area contributed by atoms with E-state index in [9.17, 15) is 9.90 Å². The number of carbonyl (C=O) groups is 1. The number of hydrogen-bond donors (Lipinski definition) is 1. The minimum absolute atomic E-state index is 0.0627. The molecule has 2 aromatic rings. The Hall–Kier alpha value is -2.20. The molecule has 0 aliphatic carbocycles. The van der Waals surface area contributed by atoms with E-state index in [1.54, 1.807) is 6.07 Å². The molecule has 2 aromatic carbocycles. The first-order valence-corrected chi connectivity index (χ1v) is 8.40. The molecule has 0 aromatic heterocycles. The lowest BCUT2D eigenvalue weighted by Gasteiger charge is -2.34. The summed E-state index contributed by atoms with van der Waals surface area (Å²) in [6.45, 7) is 3.47. The number of piperidine rings is 1. The zero-order valence-corrected chi connectivity index (χ0v) is 14.3. The van der Waals surface area contributed by atoms with Gasteiger partial charge >= 0.3 is 0 Å². The summed E-state index contributed by atoms with van der Waals surface area (Å²) in [5.41, 5.74) is 2.02. The van der Waals surface area contributed by atoms with Gasteiger partial charge in [0, 0.05) is 31.0 Å². The second kappa shape index (κ2) is 7.14. The molecular formula is C19H20ClNO3. The fraction of sp³-hybridized carbons (Fsp3) is 0.316. The second-order valence-electron chi connectivity index (χ2n) is 6.10. The Labute approximate surface area is 146 Å². The third-order valence-corrected chi connectivity index (χ3v) is 4.54. The Bertz CT molecular complexity index is 722. The number of hydrogen-bond acceptors (Lipinski definition) is 4. The molecule has 1 N–H and O–H groups in total. The number of phenols is 1. The molecule has 0 amide bonds. The van der Waals surface area contributed by atoms with Crippen molar-refractivity contribution in [1.82, 2.24) is 0 Å². The van der Waals surface area contributed by atoms with Gasteiger partial charge in [-0.05, 0) is 48.9 Å². The van der Waals surface area contributed by atoms with Crippen molar-refractivity contribution in [2.75, 3.05) is 18.0 Å². The zero-order valence-electron chi connectivity index (χ0n) is 13.5. The lowest BCUT2D eigenvalue weighted by atomic mass is 10.0. The third kappa shape index (κ3) is 3.65. The summed E-state index contributed by atoms with van der Waals surface area (Å²) in [6.07, 6.45) is 2.54. The number of nitrogens with zero attached hydrogens (tertiary/aromatic N) is 1. The Balaban J connectivity index is 1.66. The fourth-order valence-corrected chi connectivity index (χ4v) is 3.16. The van der Waals surface area contributed by atoms with Gasteiger partial charge in [-0.3, -0.25) is 4.79 Å². The molecule has 1 fully saturated rings. The number of phenolic OH excluding ortho intramolecular Hbond substituents is 1. The smallest absolute Gasteiger partial charge is 0.153 e. The van der Waals surface area contributed by atoms with Gasteiger partial charge in [-0.15, -0.1) is 0 Å². The van der Waals surface area contributed by atoms with E-state index in [0.29, 0.717) is 16.9 Å². The van der Waals surface area contributed by atoms with Crippen molar-refractivity contribution in [3.05, 3.63) is 52.5 Å². The van der Waals surface area contributed by atoms with Gasteiger partial charge in [0.15, 0.2) is 6.29 Å². The summed E-state index contributed by atoms with van der Waals surface area (Å²) < 4.78 is 5.99. The van der Waals surface area contributed by atoms with Crippen molar-refractivity contribution < 1.29 is 14.6 Å². The molecule has 5 heteroatoms. The Kier molecular flexibility index (Phi) is 4.95. The molecule has 4 nitrogen and oxygen atoms in total. The monoisotopic (exact) mass is 345 g/mol. The molecule has 0 saturated carbocycles. The number of aldehydes is 1. The first-order chi connectivity index (χ1) is 11.6. The SMILES string of the molecule is Cc1cc(C=O)c(O)c(N2CCC(Oc3ccc(Cl)cc3)CC2)c1. The zero-order chi connectivity index (χ0) is 17.1. The maximum Gasteiger partial charge on any atom is 0.153 e. The van der Waals surface area contributed by atoms with Gasteiger partial charge in [0.25, 0.3) is 0 Å². The molecule has 1 aliphatic heterocycles. The van der Waals surface area contributed by atoms with Crippen LogP contribution in [0.3, 0.4) is 0 Å². The van der Waals surface area contributed by atoms with Crippen LogP contribution in [0, 0.1) is 6.92 Å². The van der Waals surface area contributed by atoms with Crippen LogP contribution >= 0.6 is 11.6 Å². The van der Waals surface area contributed by atoms with Gasteiger partial charge < -0.3 is 14.7 Å². The van der Waals surface area contributed by atoms with E-state index in [1.807, 2.05) is 37.3 Å². The van der Waals surface area contributed by atoms with Crippen LogP contribution in [-0.4, -0.2) is 30.6 Å². The van der Waals surface area contributed by atoms with E-state index in [0.717, 1.165) is 42.9 Å². The van der Waals surface area contributed by atoms with E-state index < -0.39 is 0 Å². The first kappa shape index (κ1) is 16.7. The van der Waals surface area contributed by atoms with Crippen LogP contribution in [0.15, 0.2) is 36.4 Å². The summed E-state index contributed by atoms with van der Waals surface area (Å²) >= 11 is 5.88. The predicted molar refractivity (Wildman–Crippen MR) is 95.5 cm³/mol. The molecule has 126 valence electrons. The number of halogens is 1. The molecule has 1 aliphatic rings. The molecule has 0 atom stereocenters. The third-order valence-electron chi connectivity index (χ3n) is 4.29. The summed E-state index contributed by atoms with van der Waals surface area (Å²) in [6, 6.07) is 11.0. The van der Waals surface area contributed by atoms with Crippen LogP contribution < -0.4 is 9.64 Å².